The van der Waals surface area contributed by atoms with Gasteiger partial charge in [-0.1, -0.05) is 6.92 Å². The van der Waals surface area contributed by atoms with Gasteiger partial charge in [-0.25, -0.2) is 8.42 Å². The van der Waals surface area contributed by atoms with Gasteiger partial charge in [-0.15, -0.1) is 0 Å². The number of rotatable bonds is 6. The predicted octanol–water partition coefficient (Wildman–Crippen LogP) is -0.541. The van der Waals surface area contributed by atoms with Crippen molar-refractivity contribution in [1.82, 2.24) is 0 Å². The van der Waals surface area contributed by atoms with Crippen molar-refractivity contribution >= 4 is 16.1 Å². The van der Waals surface area contributed by atoms with E-state index in [0.717, 1.165) is 6.42 Å². The Labute approximate surface area is 76.6 Å². The van der Waals surface area contributed by atoms with Crippen LogP contribution >= 0.6 is 0 Å². The van der Waals surface area contributed by atoms with Gasteiger partial charge in [-0.2, -0.15) is 0 Å². The van der Waals surface area contributed by atoms with Gasteiger partial charge in [0.25, 0.3) is 0 Å². The van der Waals surface area contributed by atoms with Crippen LogP contribution in [-0.2, 0) is 24.4 Å². The normalized spacial score (nSPS) is 11.2. The van der Waals surface area contributed by atoms with Crippen LogP contribution in [0.1, 0.15) is 13.3 Å². The molecule has 0 amide bonds. The highest BCUT2D eigenvalue weighted by Gasteiger charge is 2.07. The smallest absolute Gasteiger partial charge is 0.322 e. The molecule has 0 aliphatic heterocycles. The van der Waals surface area contributed by atoms with Gasteiger partial charge in [0.05, 0.1) is 6.61 Å². The SMILES string of the molecule is CCCOCOC(=O)CS(=O)(=O)[O-]. The Morgan fingerprint density at radius 1 is 1.46 bits per heavy atom. The van der Waals surface area contributed by atoms with Crippen molar-refractivity contribution in [3.63, 3.8) is 0 Å². The summed E-state index contributed by atoms with van der Waals surface area (Å²) < 4.78 is 39.1. The first-order chi connectivity index (χ1) is 5.95. The summed E-state index contributed by atoms with van der Waals surface area (Å²) >= 11 is 0. The van der Waals surface area contributed by atoms with Gasteiger partial charge in [0.2, 0.25) is 0 Å². The summed E-state index contributed by atoms with van der Waals surface area (Å²) in [6.07, 6.45) is 0.761. The Morgan fingerprint density at radius 2 is 2.08 bits per heavy atom. The summed E-state index contributed by atoms with van der Waals surface area (Å²) in [6.45, 7) is 1.96. The monoisotopic (exact) mass is 211 g/mol. The predicted molar refractivity (Wildman–Crippen MR) is 41.8 cm³/mol. The van der Waals surface area contributed by atoms with E-state index in [2.05, 4.69) is 4.74 Å². The van der Waals surface area contributed by atoms with E-state index in [1.54, 1.807) is 0 Å². The number of hydrogen-bond acceptors (Lipinski definition) is 6. The summed E-state index contributed by atoms with van der Waals surface area (Å²) in [4.78, 5) is 10.5. The second kappa shape index (κ2) is 5.90. The summed E-state index contributed by atoms with van der Waals surface area (Å²) in [5, 5.41) is 0. The van der Waals surface area contributed by atoms with Crippen LogP contribution in [0.5, 0.6) is 0 Å². The van der Waals surface area contributed by atoms with Gasteiger partial charge in [0.1, 0.15) is 15.9 Å². The molecule has 0 fully saturated rings. The van der Waals surface area contributed by atoms with Gasteiger partial charge in [0.15, 0.2) is 6.79 Å². The number of carbonyl (C=O) groups is 1. The first-order valence-electron chi connectivity index (χ1n) is 3.62. The molecule has 0 rings (SSSR count). The van der Waals surface area contributed by atoms with Crippen molar-refractivity contribution in [2.75, 3.05) is 19.2 Å². The van der Waals surface area contributed by atoms with Crippen LogP contribution in [0, 0.1) is 0 Å². The molecule has 0 aromatic carbocycles. The Balaban J connectivity index is 3.53. The molecule has 0 aromatic rings. The third kappa shape index (κ3) is 9.25. The lowest BCUT2D eigenvalue weighted by molar-refractivity contribution is -0.153. The van der Waals surface area contributed by atoms with Crippen LogP contribution in [-0.4, -0.2) is 38.1 Å². The molecular weight excluding hydrogens is 200 g/mol. The lowest BCUT2D eigenvalue weighted by Gasteiger charge is -2.07. The molecule has 0 aliphatic carbocycles. The van der Waals surface area contributed by atoms with Crippen LogP contribution in [0.15, 0.2) is 0 Å². The molecular formula is C6H11O6S-. The molecule has 0 heterocycles. The minimum atomic E-state index is -4.55. The lowest BCUT2D eigenvalue weighted by atomic mass is 10.5. The zero-order valence-corrected chi connectivity index (χ0v) is 8.00. The number of hydrogen-bond donors (Lipinski definition) is 0. The van der Waals surface area contributed by atoms with Gasteiger partial charge in [-0.05, 0) is 6.42 Å². The fraction of sp³-hybridized carbons (Fsp3) is 0.833. The van der Waals surface area contributed by atoms with E-state index in [9.17, 15) is 17.8 Å². The third-order valence-corrected chi connectivity index (χ3v) is 1.54. The fourth-order valence-corrected chi connectivity index (χ4v) is 0.869. The lowest BCUT2D eigenvalue weighted by Crippen LogP contribution is -2.19. The molecule has 0 radical (unpaired) electrons. The van der Waals surface area contributed by atoms with E-state index < -0.39 is 21.8 Å². The molecule has 0 atom stereocenters. The Hall–Kier alpha value is -0.660. The van der Waals surface area contributed by atoms with Crippen LogP contribution in [0.3, 0.4) is 0 Å². The van der Waals surface area contributed by atoms with Crippen molar-refractivity contribution in [3.8, 4) is 0 Å². The van der Waals surface area contributed by atoms with Crippen LogP contribution < -0.4 is 0 Å². The van der Waals surface area contributed by atoms with Crippen LogP contribution in [0.25, 0.3) is 0 Å². The summed E-state index contributed by atoms with van der Waals surface area (Å²) in [7, 11) is -4.55. The molecule has 0 aromatic heterocycles. The molecule has 0 unspecified atom stereocenters. The highest BCUT2D eigenvalue weighted by atomic mass is 32.2. The molecule has 0 spiro atoms. The fourth-order valence-electron chi connectivity index (χ4n) is 0.497. The average Bonchev–Trinajstić information content (AvgIpc) is 1.94. The van der Waals surface area contributed by atoms with E-state index in [1.807, 2.05) is 6.92 Å². The maximum absolute atomic E-state index is 10.5. The maximum atomic E-state index is 10.5. The van der Waals surface area contributed by atoms with E-state index in [4.69, 9.17) is 4.74 Å². The zero-order valence-electron chi connectivity index (χ0n) is 7.19. The molecule has 0 N–H and O–H groups in total. The number of carbonyl (C=O) groups excluding carboxylic acids is 1. The highest BCUT2D eigenvalue weighted by Crippen LogP contribution is 1.88. The molecule has 0 aliphatic rings. The van der Waals surface area contributed by atoms with Gasteiger partial charge in [-0.3, -0.25) is 4.79 Å². The van der Waals surface area contributed by atoms with E-state index in [-0.39, 0.29) is 6.79 Å². The number of ether oxygens (including phenoxy) is 2. The summed E-state index contributed by atoms with van der Waals surface area (Å²) in [5.41, 5.74) is 0. The van der Waals surface area contributed by atoms with E-state index in [0.29, 0.717) is 6.61 Å². The Morgan fingerprint density at radius 3 is 2.54 bits per heavy atom. The number of esters is 1. The summed E-state index contributed by atoms with van der Waals surface area (Å²) in [6, 6.07) is 0. The molecule has 0 saturated carbocycles. The molecule has 6 nitrogen and oxygen atoms in total. The van der Waals surface area contributed by atoms with Gasteiger partial charge in [0, 0.05) is 0 Å². The largest absolute Gasteiger partial charge is 0.748 e. The van der Waals surface area contributed by atoms with Crippen LogP contribution in [0.4, 0.5) is 0 Å². The summed E-state index contributed by atoms with van der Waals surface area (Å²) in [5.74, 6) is -2.24. The molecule has 78 valence electrons. The third-order valence-electron chi connectivity index (χ3n) is 0.946. The Kier molecular flexibility index (Phi) is 5.60. The molecule has 0 saturated heterocycles. The minimum Gasteiger partial charge on any atom is -0.748 e. The van der Waals surface area contributed by atoms with Gasteiger partial charge >= 0.3 is 5.97 Å². The van der Waals surface area contributed by atoms with Crippen molar-refractivity contribution in [2.45, 2.75) is 13.3 Å². The van der Waals surface area contributed by atoms with Crippen LogP contribution in [0.2, 0.25) is 0 Å². The quantitative estimate of drug-likeness (QED) is 0.253. The molecule has 0 bridgehead atoms. The molecule has 7 heteroatoms. The second-order valence-corrected chi connectivity index (χ2v) is 3.65. The van der Waals surface area contributed by atoms with E-state index >= 15 is 0 Å². The van der Waals surface area contributed by atoms with Crippen molar-refractivity contribution in [1.29, 1.82) is 0 Å². The minimum absolute atomic E-state index is 0.317. The van der Waals surface area contributed by atoms with Crippen molar-refractivity contribution in [2.24, 2.45) is 0 Å². The van der Waals surface area contributed by atoms with Gasteiger partial charge < -0.3 is 14.0 Å². The maximum Gasteiger partial charge on any atom is 0.322 e. The van der Waals surface area contributed by atoms with Crippen molar-refractivity contribution < 1.29 is 27.2 Å². The highest BCUT2D eigenvalue weighted by molar-refractivity contribution is 7.86. The van der Waals surface area contributed by atoms with E-state index in [1.165, 1.54) is 0 Å². The molecule has 13 heavy (non-hydrogen) atoms. The average molecular weight is 211 g/mol. The topological polar surface area (TPSA) is 92.7 Å². The first kappa shape index (κ1) is 12.3. The van der Waals surface area contributed by atoms with Crippen molar-refractivity contribution in [3.05, 3.63) is 0 Å². The Bertz CT molecular complexity index is 244. The second-order valence-electron chi connectivity index (χ2n) is 2.24. The standard InChI is InChI=1S/C6H12O6S/c1-2-3-11-5-12-6(7)4-13(8,9)10/h2-5H2,1H3,(H,8,9,10)/p-1. The first-order valence-corrected chi connectivity index (χ1v) is 5.20. The zero-order chi connectivity index (χ0) is 10.3.